The number of carbonyl (C=O) groups excluding carboxylic acids is 1. The molecule has 0 amide bonds. The Morgan fingerprint density at radius 2 is 1.83 bits per heavy atom. The molecule has 0 aliphatic heterocycles. The lowest BCUT2D eigenvalue weighted by atomic mass is 10.1. The molecular formula is C15H11F4NO3. The first-order valence-electron chi connectivity index (χ1n) is 6.33. The lowest BCUT2D eigenvalue weighted by molar-refractivity contribution is 0.0147. The highest BCUT2D eigenvalue weighted by Crippen LogP contribution is 2.35. The fourth-order valence-corrected chi connectivity index (χ4v) is 1.72. The number of benzene rings is 1. The second-order valence-corrected chi connectivity index (χ2v) is 4.61. The van der Waals surface area contributed by atoms with Gasteiger partial charge in [-0.2, -0.15) is 0 Å². The summed E-state index contributed by atoms with van der Waals surface area (Å²) in [6.45, 7) is 0.611. The molecule has 0 radical (unpaired) electrons. The minimum absolute atomic E-state index is 0.246. The number of methoxy groups -OCH3 is 1. The van der Waals surface area contributed by atoms with Gasteiger partial charge in [0.2, 0.25) is 5.88 Å². The van der Waals surface area contributed by atoms with Crippen molar-refractivity contribution in [1.29, 1.82) is 0 Å². The number of hydrogen-bond acceptors (Lipinski definition) is 4. The summed E-state index contributed by atoms with van der Waals surface area (Å²) < 4.78 is 62.8. The van der Waals surface area contributed by atoms with Crippen molar-refractivity contribution >= 4 is 5.97 Å². The highest BCUT2D eigenvalue weighted by Gasteiger charge is 2.31. The Morgan fingerprint density at radius 1 is 1.13 bits per heavy atom. The van der Waals surface area contributed by atoms with E-state index in [-0.39, 0.29) is 11.4 Å². The van der Waals surface area contributed by atoms with Crippen LogP contribution in [-0.4, -0.2) is 18.1 Å². The number of rotatable bonds is 4. The predicted octanol–water partition coefficient (Wildman–Crippen LogP) is 4.05. The Bertz CT molecular complexity index is 744. The number of halogens is 4. The quantitative estimate of drug-likeness (QED) is 0.627. The summed E-state index contributed by atoms with van der Waals surface area (Å²) in [6.07, 6.45) is 0. The van der Waals surface area contributed by atoms with Gasteiger partial charge < -0.3 is 9.47 Å². The summed E-state index contributed by atoms with van der Waals surface area (Å²) in [4.78, 5) is 15.1. The molecule has 8 heteroatoms. The summed E-state index contributed by atoms with van der Waals surface area (Å²) in [5.74, 6) is -7.36. The second kappa shape index (κ2) is 6.23. The Labute approximate surface area is 128 Å². The lowest BCUT2D eigenvalue weighted by Gasteiger charge is -2.16. The van der Waals surface area contributed by atoms with Gasteiger partial charge in [0.25, 0.3) is 5.92 Å². The highest BCUT2D eigenvalue weighted by atomic mass is 19.3. The van der Waals surface area contributed by atoms with Gasteiger partial charge in [-0.15, -0.1) is 0 Å². The largest absolute Gasteiger partial charge is 0.464 e. The molecular weight excluding hydrogens is 318 g/mol. The van der Waals surface area contributed by atoms with Crippen LogP contribution in [0.4, 0.5) is 17.6 Å². The molecule has 1 aromatic heterocycles. The summed E-state index contributed by atoms with van der Waals surface area (Å²) >= 11 is 0. The molecule has 0 aliphatic rings. The van der Waals surface area contributed by atoms with Gasteiger partial charge >= 0.3 is 5.97 Å². The summed E-state index contributed by atoms with van der Waals surface area (Å²) in [5, 5.41) is 0. The molecule has 4 nitrogen and oxygen atoms in total. The van der Waals surface area contributed by atoms with E-state index in [1.165, 1.54) is 0 Å². The second-order valence-electron chi connectivity index (χ2n) is 4.61. The first kappa shape index (κ1) is 16.7. The van der Waals surface area contributed by atoms with Crippen molar-refractivity contribution in [2.75, 3.05) is 7.11 Å². The van der Waals surface area contributed by atoms with E-state index in [0.29, 0.717) is 13.0 Å². The zero-order valence-electron chi connectivity index (χ0n) is 12.1. The zero-order valence-corrected chi connectivity index (χ0v) is 12.1. The van der Waals surface area contributed by atoms with Crippen molar-refractivity contribution in [1.82, 2.24) is 4.98 Å². The van der Waals surface area contributed by atoms with Gasteiger partial charge in [-0.3, -0.25) is 0 Å². The maximum Gasteiger partial charge on any atom is 0.356 e. The van der Waals surface area contributed by atoms with Crippen molar-refractivity contribution < 1.29 is 31.8 Å². The van der Waals surface area contributed by atoms with Crippen molar-refractivity contribution in [3.8, 4) is 11.6 Å². The molecule has 122 valence electrons. The first-order valence-corrected chi connectivity index (χ1v) is 6.33. The van der Waals surface area contributed by atoms with Crippen LogP contribution in [0.1, 0.15) is 23.0 Å². The predicted molar refractivity (Wildman–Crippen MR) is 71.6 cm³/mol. The number of nitrogens with zero attached hydrogens (tertiary/aromatic N) is 1. The van der Waals surface area contributed by atoms with Crippen LogP contribution in [-0.2, 0) is 10.7 Å². The van der Waals surface area contributed by atoms with E-state index in [9.17, 15) is 22.4 Å². The van der Waals surface area contributed by atoms with E-state index < -0.39 is 35.0 Å². The van der Waals surface area contributed by atoms with E-state index >= 15 is 0 Å². The molecule has 2 aromatic rings. The van der Waals surface area contributed by atoms with Gasteiger partial charge in [-0.05, 0) is 24.3 Å². The maximum atomic E-state index is 13.6. The Hall–Kier alpha value is -2.64. The molecule has 0 saturated heterocycles. The topological polar surface area (TPSA) is 48.4 Å². The highest BCUT2D eigenvalue weighted by molar-refractivity contribution is 5.87. The van der Waals surface area contributed by atoms with Crippen LogP contribution in [0.15, 0.2) is 30.3 Å². The number of hydrogen-bond donors (Lipinski definition) is 0. The number of esters is 1. The molecule has 23 heavy (non-hydrogen) atoms. The number of alkyl halides is 2. The van der Waals surface area contributed by atoms with Gasteiger partial charge in [-0.1, -0.05) is 0 Å². The molecule has 0 unspecified atom stereocenters. The van der Waals surface area contributed by atoms with E-state index in [0.717, 1.165) is 31.4 Å². The number of aromatic nitrogens is 1. The van der Waals surface area contributed by atoms with Crippen molar-refractivity contribution in [3.05, 3.63) is 53.2 Å². The van der Waals surface area contributed by atoms with Crippen molar-refractivity contribution in [2.24, 2.45) is 0 Å². The van der Waals surface area contributed by atoms with Crippen LogP contribution < -0.4 is 4.74 Å². The van der Waals surface area contributed by atoms with Crippen LogP contribution in [0.5, 0.6) is 11.6 Å². The standard InChI is InChI=1S/C15H11F4NO3/c1-15(18,19)9-4-6-12(14(21)22-2)20-13(9)23-8-3-5-10(16)11(17)7-8/h3-7H,1-2H3. The van der Waals surface area contributed by atoms with E-state index in [4.69, 9.17) is 4.74 Å². The Morgan fingerprint density at radius 3 is 2.39 bits per heavy atom. The van der Waals surface area contributed by atoms with Crippen molar-refractivity contribution in [3.63, 3.8) is 0 Å². The molecule has 0 fully saturated rings. The molecule has 0 atom stereocenters. The van der Waals surface area contributed by atoms with Crippen LogP contribution >= 0.6 is 0 Å². The normalized spacial score (nSPS) is 11.2. The van der Waals surface area contributed by atoms with Gasteiger partial charge in [0.1, 0.15) is 5.75 Å². The van der Waals surface area contributed by atoms with Gasteiger partial charge in [-0.25, -0.2) is 27.3 Å². The van der Waals surface area contributed by atoms with Crippen molar-refractivity contribution in [2.45, 2.75) is 12.8 Å². The third kappa shape index (κ3) is 3.77. The summed E-state index contributed by atoms with van der Waals surface area (Å²) in [6, 6.07) is 4.51. The van der Waals surface area contributed by atoms with Crippen LogP contribution in [0.3, 0.4) is 0 Å². The molecule has 0 spiro atoms. The average molecular weight is 329 g/mol. The van der Waals surface area contributed by atoms with Gasteiger partial charge in [0, 0.05) is 13.0 Å². The van der Waals surface area contributed by atoms with Crippen LogP contribution in [0.2, 0.25) is 0 Å². The van der Waals surface area contributed by atoms with Crippen LogP contribution in [0.25, 0.3) is 0 Å². The summed E-state index contributed by atoms with van der Waals surface area (Å²) in [5.41, 5.74) is -0.882. The van der Waals surface area contributed by atoms with Gasteiger partial charge in [0.05, 0.1) is 12.7 Å². The average Bonchev–Trinajstić information content (AvgIpc) is 2.49. The molecule has 2 rings (SSSR count). The van der Waals surface area contributed by atoms with E-state index in [1.54, 1.807) is 0 Å². The minimum atomic E-state index is -3.32. The minimum Gasteiger partial charge on any atom is -0.464 e. The Balaban J connectivity index is 2.48. The third-order valence-corrected chi connectivity index (χ3v) is 2.83. The molecule has 0 N–H and O–H groups in total. The number of pyridine rings is 1. The first-order chi connectivity index (χ1) is 10.7. The molecule has 1 heterocycles. The maximum absolute atomic E-state index is 13.6. The SMILES string of the molecule is COC(=O)c1ccc(C(C)(F)F)c(Oc2ccc(F)c(F)c2)n1. The fraction of sp³-hybridized carbons (Fsp3) is 0.200. The van der Waals surface area contributed by atoms with Gasteiger partial charge in [0.15, 0.2) is 17.3 Å². The molecule has 1 aromatic carbocycles. The third-order valence-electron chi connectivity index (χ3n) is 2.83. The number of ether oxygens (including phenoxy) is 2. The van der Waals surface area contributed by atoms with E-state index in [2.05, 4.69) is 9.72 Å². The fourth-order valence-electron chi connectivity index (χ4n) is 1.72. The molecule has 0 aliphatic carbocycles. The molecule has 0 saturated carbocycles. The smallest absolute Gasteiger partial charge is 0.356 e. The summed E-state index contributed by atoms with van der Waals surface area (Å²) in [7, 11) is 1.10. The van der Waals surface area contributed by atoms with Crippen LogP contribution in [0, 0.1) is 11.6 Å². The monoisotopic (exact) mass is 329 g/mol. The lowest BCUT2D eigenvalue weighted by Crippen LogP contribution is -2.13. The Kier molecular flexibility index (Phi) is 4.53. The van der Waals surface area contributed by atoms with E-state index in [1.807, 2.05) is 0 Å². The number of carbonyl (C=O) groups is 1. The zero-order chi connectivity index (χ0) is 17.2. The molecule has 0 bridgehead atoms.